The number of hydrogen-bond acceptors (Lipinski definition) is 5. The maximum Gasteiger partial charge on any atom is 0.305 e. The zero-order chi connectivity index (χ0) is 14.1. The normalized spacial score (nSPS) is 20.0. The summed E-state index contributed by atoms with van der Waals surface area (Å²) in [6.45, 7) is 8.00. The molecule has 0 radical (unpaired) electrons. The third kappa shape index (κ3) is 7.12. The highest BCUT2D eigenvalue weighted by Gasteiger charge is 2.17. The zero-order valence-electron chi connectivity index (χ0n) is 11.9. The Bertz CT molecular complexity index is 297. The van der Waals surface area contributed by atoms with E-state index >= 15 is 0 Å². The van der Waals surface area contributed by atoms with Crippen LogP contribution < -0.4 is 10.6 Å². The summed E-state index contributed by atoms with van der Waals surface area (Å²) in [6, 6.07) is 0.436. The van der Waals surface area contributed by atoms with Crippen LogP contribution in [0, 0.1) is 0 Å². The van der Waals surface area contributed by atoms with Crippen molar-refractivity contribution in [2.45, 2.75) is 32.7 Å². The lowest BCUT2D eigenvalue weighted by atomic mass is 10.2. The van der Waals surface area contributed by atoms with Crippen molar-refractivity contribution in [3.05, 3.63) is 0 Å². The molecule has 6 nitrogen and oxygen atoms in total. The van der Waals surface area contributed by atoms with Crippen LogP contribution in [0.2, 0.25) is 0 Å². The van der Waals surface area contributed by atoms with Gasteiger partial charge in [-0.25, -0.2) is 0 Å². The van der Waals surface area contributed by atoms with Crippen molar-refractivity contribution in [3.63, 3.8) is 0 Å². The second-order valence-electron chi connectivity index (χ2n) is 4.85. The van der Waals surface area contributed by atoms with Crippen molar-refractivity contribution in [1.29, 1.82) is 0 Å². The summed E-state index contributed by atoms with van der Waals surface area (Å²) in [5.41, 5.74) is 0. The Balaban J connectivity index is 2.06. The van der Waals surface area contributed by atoms with Crippen molar-refractivity contribution in [2.75, 3.05) is 39.3 Å². The molecule has 0 aromatic rings. The van der Waals surface area contributed by atoms with Gasteiger partial charge in [0.05, 0.1) is 13.2 Å². The van der Waals surface area contributed by atoms with Crippen molar-refractivity contribution in [1.82, 2.24) is 15.5 Å². The fourth-order valence-electron chi connectivity index (χ4n) is 2.11. The van der Waals surface area contributed by atoms with Crippen LogP contribution in [-0.2, 0) is 14.3 Å². The Hall–Kier alpha value is -1.14. The van der Waals surface area contributed by atoms with E-state index in [-0.39, 0.29) is 11.9 Å². The molecule has 1 aliphatic rings. The van der Waals surface area contributed by atoms with Gasteiger partial charge in [-0.3, -0.25) is 14.5 Å². The second kappa shape index (κ2) is 8.87. The zero-order valence-corrected chi connectivity index (χ0v) is 11.9. The van der Waals surface area contributed by atoms with Crippen LogP contribution in [0.5, 0.6) is 0 Å². The van der Waals surface area contributed by atoms with Crippen molar-refractivity contribution in [2.24, 2.45) is 0 Å². The smallest absolute Gasteiger partial charge is 0.305 e. The fraction of sp³-hybridized carbons (Fsp3) is 0.846. The molecule has 0 saturated carbocycles. The number of piperazine rings is 1. The van der Waals surface area contributed by atoms with Gasteiger partial charge in [0.2, 0.25) is 5.91 Å². The SMILES string of the molecule is CCOC(=O)CCCNC(=O)CN1CCN[C@H](C)C1. The topological polar surface area (TPSA) is 70.7 Å². The third-order valence-corrected chi connectivity index (χ3v) is 3.01. The summed E-state index contributed by atoms with van der Waals surface area (Å²) in [5, 5.41) is 6.17. The number of nitrogens with zero attached hydrogens (tertiary/aromatic N) is 1. The summed E-state index contributed by atoms with van der Waals surface area (Å²) in [4.78, 5) is 24.9. The largest absolute Gasteiger partial charge is 0.466 e. The molecule has 0 aromatic carbocycles. The van der Waals surface area contributed by atoms with Crippen LogP contribution in [0.3, 0.4) is 0 Å². The number of hydrogen-bond donors (Lipinski definition) is 2. The molecule has 1 aliphatic heterocycles. The Morgan fingerprint density at radius 3 is 2.95 bits per heavy atom. The summed E-state index contributed by atoms with van der Waals surface area (Å²) in [5.74, 6) is -0.175. The van der Waals surface area contributed by atoms with Gasteiger partial charge in [0.25, 0.3) is 0 Å². The number of ether oxygens (including phenoxy) is 1. The van der Waals surface area contributed by atoms with E-state index in [1.165, 1.54) is 0 Å². The highest BCUT2D eigenvalue weighted by Crippen LogP contribution is 1.97. The molecule has 0 aromatic heterocycles. The number of esters is 1. The average molecular weight is 271 g/mol. The van der Waals surface area contributed by atoms with E-state index in [9.17, 15) is 9.59 Å². The summed E-state index contributed by atoms with van der Waals surface area (Å²) in [6.07, 6.45) is 0.987. The van der Waals surface area contributed by atoms with Crippen molar-refractivity contribution in [3.8, 4) is 0 Å². The van der Waals surface area contributed by atoms with Gasteiger partial charge in [-0.1, -0.05) is 0 Å². The van der Waals surface area contributed by atoms with Crippen LogP contribution in [0.25, 0.3) is 0 Å². The van der Waals surface area contributed by atoms with Gasteiger partial charge in [0.1, 0.15) is 0 Å². The molecular weight excluding hydrogens is 246 g/mol. The number of rotatable bonds is 7. The van der Waals surface area contributed by atoms with Crippen molar-refractivity contribution < 1.29 is 14.3 Å². The van der Waals surface area contributed by atoms with Crippen LogP contribution in [0.1, 0.15) is 26.7 Å². The molecule has 0 aliphatic carbocycles. The van der Waals surface area contributed by atoms with E-state index in [1.807, 2.05) is 0 Å². The third-order valence-electron chi connectivity index (χ3n) is 3.01. The minimum atomic E-state index is -0.201. The van der Waals surface area contributed by atoms with E-state index < -0.39 is 0 Å². The first kappa shape index (κ1) is 15.9. The van der Waals surface area contributed by atoms with E-state index in [2.05, 4.69) is 22.5 Å². The first-order valence-electron chi connectivity index (χ1n) is 7.00. The monoisotopic (exact) mass is 271 g/mol. The maximum absolute atomic E-state index is 11.7. The van der Waals surface area contributed by atoms with Crippen LogP contribution >= 0.6 is 0 Å². The van der Waals surface area contributed by atoms with E-state index in [0.717, 1.165) is 19.6 Å². The highest BCUT2D eigenvalue weighted by molar-refractivity contribution is 5.78. The van der Waals surface area contributed by atoms with Gasteiger partial charge in [-0.15, -0.1) is 0 Å². The Labute approximate surface area is 114 Å². The molecule has 0 unspecified atom stereocenters. The Morgan fingerprint density at radius 2 is 2.26 bits per heavy atom. The second-order valence-corrected chi connectivity index (χ2v) is 4.85. The van der Waals surface area contributed by atoms with Gasteiger partial charge < -0.3 is 15.4 Å². The molecular formula is C13H25N3O3. The first-order valence-corrected chi connectivity index (χ1v) is 7.00. The van der Waals surface area contributed by atoms with Gasteiger partial charge >= 0.3 is 5.97 Å². The van der Waals surface area contributed by atoms with Crippen LogP contribution in [0.4, 0.5) is 0 Å². The molecule has 1 fully saturated rings. The Morgan fingerprint density at radius 1 is 1.47 bits per heavy atom. The van der Waals surface area contributed by atoms with Gasteiger partial charge in [-0.2, -0.15) is 0 Å². The summed E-state index contributed by atoms with van der Waals surface area (Å²) in [7, 11) is 0. The van der Waals surface area contributed by atoms with E-state index in [1.54, 1.807) is 6.92 Å². The van der Waals surface area contributed by atoms with E-state index in [4.69, 9.17) is 4.74 Å². The highest BCUT2D eigenvalue weighted by atomic mass is 16.5. The van der Waals surface area contributed by atoms with E-state index in [0.29, 0.717) is 38.6 Å². The van der Waals surface area contributed by atoms with Crippen LogP contribution in [-0.4, -0.2) is 62.1 Å². The predicted octanol–water partition coefficient (Wildman–Crippen LogP) is -0.260. The first-order chi connectivity index (χ1) is 9.11. The minimum absolute atomic E-state index is 0.0259. The molecule has 0 spiro atoms. The van der Waals surface area contributed by atoms with Gasteiger partial charge in [0, 0.05) is 38.6 Å². The van der Waals surface area contributed by atoms with Crippen LogP contribution in [0.15, 0.2) is 0 Å². The fourth-order valence-corrected chi connectivity index (χ4v) is 2.11. The summed E-state index contributed by atoms with van der Waals surface area (Å²) >= 11 is 0. The van der Waals surface area contributed by atoms with Crippen molar-refractivity contribution >= 4 is 11.9 Å². The quantitative estimate of drug-likeness (QED) is 0.493. The molecule has 1 heterocycles. The average Bonchev–Trinajstić information content (AvgIpc) is 2.35. The van der Waals surface area contributed by atoms with Gasteiger partial charge in [-0.05, 0) is 20.3 Å². The lowest BCUT2D eigenvalue weighted by Gasteiger charge is -2.31. The molecule has 1 amide bonds. The molecule has 110 valence electrons. The maximum atomic E-state index is 11.7. The standard InChI is InChI=1S/C13H25N3O3/c1-3-19-13(18)5-4-6-15-12(17)10-16-8-7-14-11(2)9-16/h11,14H,3-10H2,1-2H3,(H,15,17)/t11-/m1/s1. The molecule has 2 N–H and O–H groups in total. The number of amides is 1. The molecule has 1 saturated heterocycles. The molecule has 19 heavy (non-hydrogen) atoms. The minimum Gasteiger partial charge on any atom is -0.466 e. The lowest BCUT2D eigenvalue weighted by Crippen LogP contribution is -2.51. The number of carbonyl (C=O) groups excluding carboxylic acids is 2. The molecule has 0 bridgehead atoms. The molecule has 1 rings (SSSR count). The Kier molecular flexibility index (Phi) is 7.43. The molecule has 1 atom stereocenters. The molecule has 6 heteroatoms. The number of nitrogens with one attached hydrogen (secondary N) is 2. The predicted molar refractivity (Wildman–Crippen MR) is 72.8 cm³/mol. The lowest BCUT2D eigenvalue weighted by molar-refractivity contribution is -0.143. The number of carbonyl (C=O) groups is 2. The summed E-state index contributed by atoms with van der Waals surface area (Å²) < 4.78 is 4.82. The van der Waals surface area contributed by atoms with Gasteiger partial charge in [0.15, 0.2) is 0 Å².